The Kier molecular flexibility index (Phi) is 2.56. The largest absolute Gasteiger partial charge is 0.277 e. The van der Waals surface area contributed by atoms with Gasteiger partial charge in [-0.1, -0.05) is 0 Å². The van der Waals surface area contributed by atoms with Gasteiger partial charge in [-0.05, 0) is 0 Å². The molecule has 0 radical (unpaired) electrons. The number of hydroxylamine groups is 1. The molecule has 0 fully saturated rings. The molecule has 0 saturated carbocycles. The maximum atomic E-state index is 10.8. The first kappa shape index (κ1) is 7.67. The van der Waals surface area contributed by atoms with Gasteiger partial charge in [-0.25, -0.2) is 15.1 Å². The monoisotopic (exact) mass is 156 g/mol. The quantitative estimate of drug-likeness (QED) is 0.567. The summed E-state index contributed by atoms with van der Waals surface area (Å²) in [6.45, 7) is 0.119. The summed E-state index contributed by atoms with van der Waals surface area (Å²) in [6, 6.07) is 0. The summed E-state index contributed by atoms with van der Waals surface area (Å²) >= 11 is 0. The van der Waals surface area contributed by atoms with Crippen molar-refractivity contribution in [1.82, 2.24) is 20.2 Å². The summed E-state index contributed by atoms with van der Waals surface area (Å²) in [4.78, 5) is 18.8. The van der Waals surface area contributed by atoms with Crippen LogP contribution in [-0.4, -0.2) is 27.8 Å². The first-order valence-electron chi connectivity index (χ1n) is 2.97. The van der Waals surface area contributed by atoms with E-state index >= 15 is 0 Å². The van der Waals surface area contributed by atoms with Gasteiger partial charge in [-0.2, -0.15) is 5.10 Å². The molecule has 0 aliphatic heterocycles. The van der Waals surface area contributed by atoms with E-state index in [4.69, 9.17) is 0 Å². The first-order valence-corrected chi connectivity index (χ1v) is 2.97. The number of hydrogen-bond donors (Lipinski definition) is 1. The van der Waals surface area contributed by atoms with Crippen LogP contribution in [0.5, 0.6) is 0 Å². The van der Waals surface area contributed by atoms with Gasteiger partial charge in [0, 0.05) is 0 Å². The molecule has 0 atom stereocenters. The molecule has 1 aromatic heterocycles. The summed E-state index contributed by atoms with van der Waals surface area (Å²) in [7, 11) is 1.37. The molecule has 0 bridgehead atoms. The van der Waals surface area contributed by atoms with Crippen molar-refractivity contribution < 1.29 is 9.63 Å². The van der Waals surface area contributed by atoms with Crippen LogP contribution >= 0.6 is 0 Å². The Bertz CT molecular complexity index is 220. The predicted molar refractivity (Wildman–Crippen MR) is 35.2 cm³/mol. The van der Waals surface area contributed by atoms with Crippen molar-refractivity contribution in [1.29, 1.82) is 0 Å². The number of carbonyl (C=O) groups excluding carboxylic acids is 1. The summed E-state index contributed by atoms with van der Waals surface area (Å²) < 4.78 is 1.40. The fourth-order valence-corrected chi connectivity index (χ4v) is 0.608. The minimum atomic E-state index is -0.266. The molecule has 0 aromatic carbocycles. The van der Waals surface area contributed by atoms with Crippen LogP contribution in [0.4, 0.5) is 0 Å². The van der Waals surface area contributed by atoms with Crippen LogP contribution in [0.15, 0.2) is 12.7 Å². The summed E-state index contributed by atoms with van der Waals surface area (Å²) in [5.74, 6) is -0.266. The van der Waals surface area contributed by atoms with Gasteiger partial charge in [0.25, 0.3) is 5.91 Å². The zero-order valence-corrected chi connectivity index (χ0v) is 6.02. The smallest absolute Gasteiger partial charge is 0.265 e. The molecule has 1 N–H and O–H groups in total. The molecule has 0 spiro atoms. The van der Waals surface area contributed by atoms with E-state index in [0.29, 0.717) is 0 Å². The predicted octanol–water partition coefficient (Wildman–Crippen LogP) is -1.04. The van der Waals surface area contributed by atoms with Gasteiger partial charge in [0.15, 0.2) is 0 Å². The number of aromatic nitrogens is 3. The highest BCUT2D eigenvalue weighted by Gasteiger charge is 2.00. The standard InChI is InChI=1S/C5H8N4O2/c1-11-8-5(10)2-9-4-6-3-7-9/h3-4H,2H2,1H3,(H,8,10). The second kappa shape index (κ2) is 3.67. The van der Waals surface area contributed by atoms with E-state index in [9.17, 15) is 4.79 Å². The molecule has 60 valence electrons. The second-order valence-corrected chi connectivity index (χ2v) is 1.82. The van der Waals surface area contributed by atoms with Crippen molar-refractivity contribution in [3.63, 3.8) is 0 Å². The average molecular weight is 156 g/mol. The van der Waals surface area contributed by atoms with Gasteiger partial charge in [0.05, 0.1) is 7.11 Å². The highest BCUT2D eigenvalue weighted by atomic mass is 16.6. The summed E-state index contributed by atoms with van der Waals surface area (Å²) in [6.07, 6.45) is 2.81. The van der Waals surface area contributed by atoms with Crippen LogP contribution in [0, 0.1) is 0 Å². The molecule has 0 aliphatic rings. The molecule has 1 heterocycles. The van der Waals surface area contributed by atoms with Gasteiger partial charge in [-0.15, -0.1) is 0 Å². The molecule has 1 rings (SSSR count). The number of rotatable bonds is 3. The van der Waals surface area contributed by atoms with Crippen LogP contribution in [0.1, 0.15) is 0 Å². The Morgan fingerprint density at radius 1 is 1.82 bits per heavy atom. The molecule has 6 nitrogen and oxygen atoms in total. The normalized spacial score (nSPS) is 9.55. The highest BCUT2D eigenvalue weighted by Crippen LogP contribution is 1.79. The van der Waals surface area contributed by atoms with E-state index in [1.807, 2.05) is 0 Å². The van der Waals surface area contributed by atoms with Crippen LogP contribution in [0.3, 0.4) is 0 Å². The topological polar surface area (TPSA) is 69.0 Å². The molecule has 1 amide bonds. The van der Waals surface area contributed by atoms with E-state index < -0.39 is 0 Å². The zero-order valence-electron chi connectivity index (χ0n) is 6.02. The van der Waals surface area contributed by atoms with Gasteiger partial charge in [0.2, 0.25) is 0 Å². The van der Waals surface area contributed by atoms with Crippen molar-refractivity contribution in [2.24, 2.45) is 0 Å². The molecule has 1 aromatic rings. The maximum absolute atomic E-state index is 10.8. The van der Waals surface area contributed by atoms with Crippen LogP contribution in [0.25, 0.3) is 0 Å². The minimum absolute atomic E-state index is 0.119. The van der Waals surface area contributed by atoms with E-state index in [0.717, 1.165) is 0 Å². The van der Waals surface area contributed by atoms with Crippen LogP contribution in [-0.2, 0) is 16.2 Å². The lowest BCUT2D eigenvalue weighted by atomic mass is 10.6. The van der Waals surface area contributed by atoms with E-state index in [1.165, 1.54) is 24.4 Å². The average Bonchev–Trinajstić information content (AvgIpc) is 2.40. The Morgan fingerprint density at radius 3 is 3.18 bits per heavy atom. The van der Waals surface area contributed by atoms with E-state index in [2.05, 4.69) is 20.4 Å². The molecule has 11 heavy (non-hydrogen) atoms. The third-order valence-corrected chi connectivity index (χ3v) is 0.988. The lowest BCUT2D eigenvalue weighted by Gasteiger charge is -1.99. The van der Waals surface area contributed by atoms with Gasteiger partial charge >= 0.3 is 0 Å². The Labute approximate surface area is 63.1 Å². The lowest BCUT2D eigenvalue weighted by Crippen LogP contribution is -2.26. The van der Waals surface area contributed by atoms with Gasteiger partial charge in [-0.3, -0.25) is 9.63 Å². The van der Waals surface area contributed by atoms with Gasteiger partial charge in [0.1, 0.15) is 19.2 Å². The number of nitrogens with one attached hydrogen (secondary N) is 1. The molecular weight excluding hydrogens is 148 g/mol. The number of amides is 1. The molecule has 0 unspecified atom stereocenters. The van der Waals surface area contributed by atoms with Crippen molar-refractivity contribution >= 4 is 5.91 Å². The molecular formula is C5H8N4O2. The second-order valence-electron chi connectivity index (χ2n) is 1.82. The first-order chi connectivity index (χ1) is 5.33. The Morgan fingerprint density at radius 2 is 2.64 bits per heavy atom. The van der Waals surface area contributed by atoms with Crippen molar-refractivity contribution in [2.45, 2.75) is 6.54 Å². The van der Waals surface area contributed by atoms with Gasteiger partial charge < -0.3 is 0 Å². The Balaban J connectivity index is 2.37. The Hall–Kier alpha value is -1.43. The van der Waals surface area contributed by atoms with Crippen LogP contribution < -0.4 is 5.48 Å². The van der Waals surface area contributed by atoms with E-state index in [-0.39, 0.29) is 12.5 Å². The molecule has 6 heteroatoms. The number of carbonyl (C=O) groups is 1. The lowest BCUT2D eigenvalue weighted by molar-refractivity contribution is -0.132. The maximum Gasteiger partial charge on any atom is 0.265 e. The van der Waals surface area contributed by atoms with E-state index in [1.54, 1.807) is 0 Å². The number of hydrogen-bond acceptors (Lipinski definition) is 4. The third-order valence-electron chi connectivity index (χ3n) is 0.988. The minimum Gasteiger partial charge on any atom is -0.277 e. The van der Waals surface area contributed by atoms with Crippen molar-refractivity contribution in [3.05, 3.63) is 12.7 Å². The third kappa shape index (κ3) is 2.34. The highest BCUT2D eigenvalue weighted by molar-refractivity contribution is 5.74. The molecule has 0 saturated heterocycles. The SMILES string of the molecule is CONC(=O)Cn1cncn1. The van der Waals surface area contributed by atoms with Crippen molar-refractivity contribution in [3.8, 4) is 0 Å². The fraction of sp³-hybridized carbons (Fsp3) is 0.400. The van der Waals surface area contributed by atoms with Crippen LogP contribution in [0.2, 0.25) is 0 Å². The summed E-state index contributed by atoms with van der Waals surface area (Å²) in [5, 5.41) is 3.73. The molecule has 0 aliphatic carbocycles. The number of nitrogens with zero attached hydrogens (tertiary/aromatic N) is 3. The summed E-state index contributed by atoms with van der Waals surface area (Å²) in [5.41, 5.74) is 2.16. The van der Waals surface area contributed by atoms with Crippen molar-refractivity contribution in [2.75, 3.05) is 7.11 Å². The fourth-order valence-electron chi connectivity index (χ4n) is 0.608. The zero-order chi connectivity index (χ0) is 8.10.